The van der Waals surface area contributed by atoms with Crippen molar-refractivity contribution in [2.24, 2.45) is 0 Å². The second kappa shape index (κ2) is 7.03. The Kier molecular flexibility index (Phi) is 4.20. The van der Waals surface area contributed by atoms with Crippen LogP contribution in [0.4, 0.5) is 8.78 Å². The molecule has 0 bridgehead atoms. The Labute approximate surface area is 167 Å². The van der Waals surface area contributed by atoms with E-state index in [0.29, 0.717) is 16.7 Å². The first-order chi connectivity index (χ1) is 14.6. The van der Waals surface area contributed by atoms with E-state index in [1.54, 1.807) is 48.7 Å². The molecule has 0 aliphatic rings. The van der Waals surface area contributed by atoms with E-state index < -0.39 is 17.3 Å². The fourth-order valence-corrected chi connectivity index (χ4v) is 3.17. The highest BCUT2D eigenvalue weighted by Gasteiger charge is 2.18. The SMILES string of the molecule is O=c1n(Cc2ccccc2F)nc2c(-c3nc(-c4cccc(F)c4)no3)cccn12. The fraction of sp³-hybridized carbons (Fsp3) is 0.0476. The monoisotopic (exact) mass is 405 g/mol. The summed E-state index contributed by atoms with van der Waals surface area (Å²) >= 11 is 0. The van der Waals surface area contributed by atoms with Crippen LogP contribution >= 0.6 is 0 Å². The molecule has 3 heterocycles. The van der Waals surface area contributed by atoms with Crippen LogP contribution in [0.3, 0.4) is 0 Å². The lowest BCUT2D eigenvalue weighted by Gasteiger charge is -2.01. The molecule has 3 aromatic heterocycles. The maximum absolute atomic E-state index is 14.0. The average molecular weight is 405 g/mol. The zero-order chi connectivity index (χ0) is 20.7. The second-order valence-electron chi connectivity index (χ2n) is 6.58. The Balaban J connectivity index is 1.58. The van der Waals surface area contributed by atoms with Crippen molar-refractivity contribution in [1.29, 1.82) is 0 Å². The van der Waals surface area contributed by atoms with E-state index >= 15 is 0 Å². The van der Waals surface area contributed by atoms with Crippen LogP contribution in [0.25, 0.3) is 28.5 Å². The molecular formula is C21H13F2N5O2. The van der Waals surface area contributed by atoms with Crippen molar-refractivity contribution in [3.63, 3.8) is 0 Å². The van der Waals surface area contributed by atoms with E-state index in [-0.39, 0.29) is 23.9 Å². The van der Waals surface area contributed by atoms with E-state index in [1.807, 2.05) is 0 Å². The van der Waals surface area contributed by atoms with Gasteiger partial charge in [-0.25, -0.2) is 22.7 Å². The predicted molar refractivity (Wildman–Crippen MR) is 104 cm³/mol. The van der Waals surface area contributed by atoms with Crippen molar-refractivity contribution in [2.45, 2.75) is 6.54 Å². The number of benzene rings is 2. The normalized spacial score (nSPS) is 11.3. The molecule has 0 fully saturated rings. The second-order valence-corrected chi connectivity index (χ2v) is 6.58. The number of halogens is 2. The lowest BCUT2D eigenvalue weighted by Crippen LogP contribution is -2.22. The molecular weight excluding hydrogens is 392 g/mol. The van der Waals surface area contributed by atoms with Gasteiger partial charge in [0.1, 0.15) is 11.6 Å². The van der Waals surface area contributed by atoms with Crippen LogP contribution in [-0.2, 0) is 6.54 Å². The highest BCUT2D eigenvalue weighted by molar-refractivity contribution is 5.72. The molecule has 148 valence electrons. The summed E-state index contributed by atoms with van der Waals surface area (Å²) in [6, 6.07) is 15.3. The zero-order valence-electron chi connectivity index (χ0n) is 15.4. The van der Waals surface area contributed by atoms with Crippen molar-refractivity contribution in [3.05, 3.63) is 94.5 Å². The first-order valence-corrected chi connectivity index (χ1v) is 9.02. The van der Waals surface area contributed by atoms with Crippen molar-refractivity contribution >= 4 is 5.65 Å². The third-order valence-electron chi connectivity index (χ3n) is 4.63. The number of fused-ring (bicyclic) bond motifs is 1. The summed E-state index contributed by atoms with van der Waals surface area (Å²) in [5, 5.41) is 8.23. The minimum absolute atomic E-state index is 0.0228. The molecule has 0 amide bonds. The number of aromatic nitrogens is 5. The van der Waals surface area contributed by atoms with Crippen molar-refractivity contribution < 1.29 is 13.3 Å². The highest BCUT2D eigenvalue weighted by atomic mass is 19.1. The molecule has 7 nitrogen and oxygen atoms in total. The molecule has 0 radical (unpaired) electrons. The summed E-state index contributed by atoms with van der Waals surface area (Å²) in [5.41, 5.74) is 1.08. The van der Waals surface area contributed by atoms with Gasteiger partial charge in [0, 0.05) is 17.3 Å². The summed E-state index contributed by atoms with van der Waals surface area (Å²) in [7, 11) is 0. The van der Waals surface area contributed by atoms with Crippen LogP contribution in [0.1, 0.15) is 5.56 Å². The lowest BCUT2D eigenvalue weighted by molar-refractivity contribution is 0.432. The summed E-state index contributed by atoms with van der Waals surface area (Å²) in [6.07, 6.45) is 1.55. The smallest absolute Gasteiger partial charge is 0.333 e. The van der Waals surface area contributed by atoms with Gasteiger partial charge >= 0.3 is 5.69 Å². The molecule has 0 spiro atoms. The highest BCUT2D eigenvalue weighted by Crippen LogP contribution is 2.25. The van der Waals surface area contributed by atoms with Gasteiger partial charge in [0.2, 0.25) is 5.82 Å². The minimum Gasteiger partial charge on any atom is -0.333 e. The molecule has 5 rings (SSSR count). The summed E-state index contributed by atoms with van der Waals surface area (Å²) in [5.74, 6) is -0.500. The van der Waals surface area contributed by atoms with Crippen LogP contribution in [0.2, 0.25) is 0 Å². The Hall–Kier alpha value is -4.14. The lowest BCUT2D eigenvalue weighted by atomic mass is 10.2. The maximum Gasteiger partial charge on any atom is 0.350 e. The van der Waals surface area contributed by atoms with Crippen LogP contribution in [0.5, 0.6) is 0 Å². The quantitative estimate of drug-likeness (QED) is 0.457. The van der Waals surface area contributed by atoms with Gasteiger partial charge in [0.15, 0.2) is 5.65 Å². The number of hydrogen-bond acceptors (Lipinski definition) is 5. The Morgan fingerprint density at radius 1 is 1.00 bits per heavy atom. The van der Waals surface area contributed by atoms with Gasteiger partial charge in [-0.05, 0) is 30.3 Å². The molecule has 30 heavy (non-hydrogen) atoms. The zero-order valence-corrected chi connectivity index (χ0v) is 15.4. The molecule has 5 aromatic rings. The Morgan fingerprint density at radius 3 is 2.70 bits per heavy atom. The van der Waals surface area contributed by atoms with E-state index in [9.17, 15) is 13.6 Å². The number of nitrogens with zero attached hydrogens (tertiary/aromatic N) is 5. The summed E-state index contributed by atoms with van der Waals surface area (Å²) in [6.45, 7) is -0.0228. The van der Waals surface area contributed by atoms with Gasteiger partial charge in [0.25, 0.3) is 5.89 Å². The standard InChI is InChI=1S/C21H13F2N5O2/c22-15-7-3-6-13(11-15)18-24-20(30-26-18)16-8-4-10-27-19(16)25-28(21(27)29)12-14-5-1-2-9-17(14)23/h1-11H,12H2. The average Bonchev–Trinajstić information content (AvgIpc) is 3.35. The maximum atomic E-state index is 14.0. The van der Waals surface area contributed by atoms with Gasteiger partial charge in [-0.1, -0.05) is 35.5 Å². The van der Waals surface area contributed by atoms with Crippen LogP contribution < -0.4 is 5.69 Å². The van der Waals surface area contributed by atoms with Gasteiger partial charge < -0.3 is 4.52 Å². The Bertz CT molecular complexity index is 1440. The largest absolute Gasteiger partial charge is 0.350 e. The first-order valence-electron chi connectivity index (χ1n) is 9.02. The molecule has 0 atom stereocenters. The van der Waals surface area contributed by atoms with Crippen LogP contribution in [0, 0.1) is 11.6 Å². The third kappa shape index (κ3) is 3.06. The molecule has 0 saturated heterocycles. The molecule has 2 aromatic carbocycles. The molecule has 0 unspecified atom stereocenters. The van der Waals surface area contributed by atoms with Crippen molar-refractivity contribution in [1.82, 2.24) is 24.3 Å². The van der Waals surface area contributed by atoms with Crippen molar-refractivity contribution in [2.75, 3.05) is 0 Å². The van der Waals surface area contributed by atoms with Crippen LogP contribution in [-0.4, -0.2) is 24.3 Å². The van der Waals surface area contributed by atoms with E-state index in [4.69, 9.17) is 4.52 Å². The van der Waals surface area contributed by atoms with Gasteiger partial charge in [0.05, 0.1) is 12.1 Å². The summed E-state index contributed by atoms with van der Waals surface area (Å²) in [4.78, 5) is 17.0. The predicted octanol–water partition coefficient (Wildman–Crippen LogP) is 3.54. The molecule has 0 saturated carbocycles. The number of pyridine rings is 1. The van der Waals surface area contributed by atoms with E-state index in [2.05, 4.69) is 15.2 Å². The molecule has 0 aliphatic heterocycles. The summed E-state index contributed by atoms with van der Waals surface area (Å²) < 4.78 is 35.3. The van der Waals surface area contributed by atoms with Gasteiger partial charge in [-0.2, -0.15) is 4.98 Å². The van der Waals surface area contributed by atoms with E-state index in [1.165, 1.54) is 27.3 Å². The Morgan fingerprint density at radius 2 is 1.87 bits per heavy atom. The van der Waals surface area contributed by atoms with E-state index in [0.717, 1.165) is 0 Å². The minimum atomic E-state index is -0.431. The van der Waals surface area contributed by atoms with Crippen molar-refractivity contribution in [3.8, 4) is 22.8 Å². The molecule has 9 heteroatoms. The van der Waals surface area contributed by atoms with Gasteiger partial charge in [-0.15, -0.1) is 5.10 Å². The van der Waals surface area contributed by atoms with Crippen LogP contribution in [0.15, 0.2) is 76.2 Å². The number of hydrogen-bond donors (Lipinski definition) is 0. The molecule has 0 aliphatic carbocycles. The molecule has 0 N–H and O–H groups in total. The fourth-order valence-electron chi connectivity index (χ4n) is 3.17. The first kappa shape index (κ1) is 17.9. The van der Waals surface area contributed by atoms with Gasteiger partial charge in [-0.3, -0.25) is 0 Å². The number of rotatable bonds is 4. The topological polar surface area (TPSA) is 78.2 Å². The third-order valence-corrected chi connectivity index (χ3v) is 4.63.